The molecule has 0 unspecified atom stereocenters. The first kappa shape index (κ1) is 49.5. The highest BCUT2D eigenvalue weighted by Gasteiger charge is 2.19. The Morgan fingerprint density at radius 1 is 0.375 bits per heavy atom. The van der Waals surface area contributed by atoms with Crippen LogP contribution in [-0.4, -0.2) is 37.7 Å². The van der Waals surface area contributed by atoms with Crippen molar-refractivity contribution in [3.63, 3.8) is 0 Å². The highest BCUT2D eigenvalue weighted by Crippen LogP contribution is 2.41. The van der Waals surface area contributed by atoms with E-state index in [2.05, 4.69) is 210 Å². The zero-order valence-electron chi connectivity index (χ0n) is 40.4. The summed E-state index contributed by atoms with van der Waals surface area (Å²) in [4.78, 5) is 41.7. The molecule has 8 aromatic rings. The quantitative estimate of drug-likeness (QED) is 0.0374. The average molecular weight is 952 g/mol. The summed E-state index contributed by atoms with van der Waals surface area (Å²) < 4.78 is 15.8. The van der Waals surface area contributed by atoms with Gasteiger partial charge in [0.1, 0.15) is 0 Å². The molecule has 0 aliphatic heterocycles. The molecule has 0 bridgehead atoms. The molecule has 0 spiro atoms. The molecule has 360 valence electrons. The molecule has 0 atom stereocenters. The molecule has 0 aliphatic carbocycles. The van der Waals surface area contributed by atoms with Crippen molar-refractivity contribution in [2.75, 3.05) is 34.5 Å². The fourth-order valence-electron chi connectivity index (χ4n) is 8.35. The fourth-order valence-corrected chi connectivity index (χ4v) is 8.35. The maximum atomic E-state index is 11.7. The van der Waals surface area contributed by atoms with E-state index >= 15 is 0 Å². The molecule has 0 fully saturated rings. The van der Waals surface area contributed by atoms with Gasteiger partial charge in [-0.05, 0) is 131 Å². The van der Waals surface area contributed by atoms with Crippen molar-refractivity contribution in [2.24, 2.45) is 0 Å². The molecular formula is C63H57N3O6. The van der Waals surface area contributed by atoms with Crippen LogP contribution in [0.4, 0.5) is 51.2 Å². The van der Waals surface area contributed by atoms with Crippen LogP contribution in [0, 0.1) is 0 Å². The predicted octanol–water partition coefficient (Wildman–Crippen LogP) is 14.8. The number of anilines is 9. The second kappa shape index (κ2) is 24.6. The highest BCUT2D eigenvalue weighted by atomic mass is 16.5. The highest BCUT2D eigenvalue weighted by molar-refractivity contribution is 5.85. The van der Waals surface area contributed by atoms with E-state index < -0.39 is 11.9 Å². The smallest absolute Gasteiger partial charge is 0.330 e. The lowest BCUT2D eigenvalue weighted by molar-refractivity contribution is -0.143. The summed E-state index contributed by atoms with van der Waals surface area (Å²) in [6, 6.07) is 71.5. The average Bonchev–Trinajstić information content (AvgIpc) is 3.43. The Balaban J connectivity index is 1.06. The van der Waals surface area contributed by atoms with Crippen LogP contribution in [-0.2, 0) is 47.9 Å². The number of hydrogen-bond donors (Lipinski definition) is 0. The monoisotopic (exact) mass is 951 g/mol. The lowest BCUT2D eigenvalue weighted by Crippen LogP contribution is -2.13. The summed E-state index contributed by atoms with van der Waals surface area (Å²) in [5.41, 5.74) is 14.3. The Kier molecular flexibility index (Phi) is 16.9. The van der Waals surface area contributed by atoms with Gasteiger partial charge in [0.2, 0.25) is 0 Å². The maximum Gasteiger partial charge on any atom is 0.330 e. The molecule has 8 rings (SSSR count). The Morgan fingerprint density at radius 3 is 1.00 bits per heavy atom. The number of para-hydroxylation sites is 2. The molecule has 0 saturated carbocycles. The molecule has 72 heavy (non-hydrogen) atoms. The first-order chi connectivity index (χ1) is 35.3. The Morgan fingerprint density at radius 2 is 0.667 bits per heavy atom. The third-order valence-corrected chi connectivity index (χ3v) is 12.1. The number of nitrogens with zero attached hydrogens (tertiary/aromatic N) is 3. The molecule has 0 heterocycles. The number of ether oxygens (including phenoxy) is 3. The van der Waals surface area contributed by atoms with Crippen LogP contribution in [0.1, 0.15) is 30.0 Å². The first-order valence-corrected chi connectivity index (χ1v) is 24.1. The maximum absolute atomic E-state index is 11.7. The van der Waals surface area contributed by atoms with Gasteiger partial charge < -0.3 is 28.9 Å². The minimum Gasteiger partial charge on any atom is -0.465 e. The normalized spacial score (nSPS) is 10.7. The van der Waals surface area contributed by atoms with Gasteiger partial charge in [-0.3, -0.25) is 4.79 Å². The van der Waals surface area contributed by atoms with Crippen LogP contribution in [0.25, 0.3) is 11.1 Å². The molecule has 0 saturated heterocycles. The van der Waals surface area contributed by atoms with Gasteiger partial charge in [0.25, 0.3) is 0 Å². The number of benzene rings is 8. The molecule has 8 aromatic carbocycles. The van der Waals surface area contributed by atoms with Crippen LogP contribution in [0.2, 0.25) is 0 Å². The number of carbonyl (C=O) groups is 3. The second-order valence-electron chi connectivity index (χ2n) is 16.9. The van der Waals surface area contributed by atoms with Gasteiger partial charge in [0.15, 0.2) is 0 Å². The molecule has 9 heteroatoms. The van der Waals surface area contributed by atoms with E-state index in [0.29, 0.717) is 32.3 Å². The van der Waals surface area contributed by atoms with Crippen LogP contribution < -0.4 is 14.7 Å². The molecule has 0 aliphatic rings. The summed E-state index contributed by atoms with van der Waals surface area (Å²) in [6.07, 6.45) is 4.52. The van der Waals surface area contributed by atoms with Gasteiger partial charge >= 0.3 is 17.9 Å². The lowest BCUT2D eigenvalue weighted by Gasteiger charge is -2.29. The Hall–Kier alpha value is -8.95. The van der Waals surface area contributed by atoms with Crippen molar-refractivity contribution < 1.29 is 28.6 Å². The van der Waals surface area contributed by atoms with E-state index in [0.717, 1.165) is 79.0 Å². The van der Waals surface area contributed by atoms with Crippen molar-refractivity contribution in [3.8, 4) is 11.1 Å². The van der Waals surface area contributed by atoms with E-state index in [1.54, 1.807) is 6.92 Å². The Bertz CT molecular complexity index is 3050. The summed E-state index contributed by atoms with van der Waals surface area (Å²) in [7, 11) is 0. The summed E-state index contributed by atoms with van der Waals surface area (Å²) in [5.74, 6) is -1.06. The topological polar surface area (TPSA) is 88.6 Å². The summed E-state index contributed by atoms with van der Waals surface area (Å²) in [6.45, 7) is 9.65. The van der Waals surface area contributed by atoms with E-state index in [4.69, 9.17) is 14.2 Å². The lowest BCUT2D eigenvalue weighted by atomic mass is 10.0. The number of esters is 3. The van der Waals surface area contributed by atoms with Gasteiger partial charge in [0, 0.05) is 89.0 Å². The third kappa shape index (κ3) is 12.8. The SMILES string of the molecule is C=CC(=O)OCCc1ccc(N(c2ccc(CCOC(=O)CC)cc2)c2ccc(-c3ccc(N(c4ccccc4)c4cccc(N(c5ccccc5)c5ccc(CCOC(=O)C=C)cc5)c4)cc3)cc2)cc1. The third-order valence-electron chi connectivity index (χ3n) is 12.1. The van der Waals surface area contributed by atoms with Crippen molar-refractivity contribution in [2.45, 2.75) is 32.6 Å². The van der Waals surface area contributed by atoms with E-state index in [1.165, 1.54) is 12.2 Å². The molecule has 0 aromatic heterocycles. The minimum atomic E-state index is -0.435. The predicted molar refractivity (Wildman–Crippen MR) is 291 cm³/mol. The van der Waals surface area contributed by atoms with Gasteiger partial charge in [-0.15, -0.1) is 0 Å². The van der Waals surface area contributed by atoms with Gasteiger partial charge in [-0.2, -0.15) is 0 Å². The number of hydrogen-bond acceptors (Lipinski definition) is 9. The van der Waals surface area contributed by atoms with E-state index in [9.17, 15) is 14.4 Å². The minimum absolute atomic E-state index is 0.203. The standard InChI is InChI=1S/C63H57N3O6/c1-4-61(67)70-43-40-47-20-30-54(31-21-47)64(55-32-22-48(23-33-55)41-44-71-62(68)5-2)57-36-26-50(27-37-57)51-28-38-58(39-29-51)66(53-16-11-8-12-17-53)60-19-13-18-59(46-60)65(52-14-9-7-10-15-52)56-34-24-49(25-35-56)42-45-72-63(69)6-3/h4,6-39,46H,1,3,5,40-45H2,2H3. The van der Waals surface area contributed by atoms with Crippen molar-refractivity contribution in [1.29, 1.82) is 0 Å². The fraction of sp³-hybridized carbons (Fsp3) is 0.127. The largest absolute Gasteiger partial charge is 0.465 e. The summed E-state index contributed by atoms with van der Waals surface area (Å²) >= 11 is 0. The van der Waals surface area contributed by atoms with Crippen LogP contribution in [0.5, 0.6) is 0 Å². The molecule has 0 N–H and O–H groups in total. The van der Waals surface area contributed by atoms with Gasteiger partial charge in [-0.1, -0.05) is 123 Å². The van der Waals surface area contributed by atoms with Crippen molar-refractivity contribution in [1.82, 2.24) is 0 Å². The van der Waals surface area contributed by atoms with Crippen molar-refractivity contribution in [3.05, 3.63) is 248 Å². The van der Waals surface area contributed by atoms with Gasteiger partial charge in [0.05, 0.1) is 19.8 Å². The van der Waals surface area contributed by atoms with Crippen LogP contribution >= 0.6 is 0 Å². The molecule has 0 radical (unpaired) electrons. The first-order valence-electron chi connectivity index (χ1n) is 24.1. The van der Waals surface area contributed by atoms with Crippen LogP contribution in [0.15, 0.2) is 232 Å². The molecule has 0 amide bonds. The molecular weight excluding hydrogens is 895 g/mol. The van der Waals surface area contributed by atoms with E-state index in [-0.39, 0.29) is 19.2 Å². The zero-order valence-corrected chi connectivity index (χ0v) is 40.4. The second-order valence-corrected chi connectivity index (χ2v) is 16.9. The van der Waals surface area contributed by atoms with Crippen LogP contribution in [0.3, 0.4) is 0 Å². The zero-order chi connectivity index (χ0) is 50.1. The van der Waals surface area contributed by atoms with Gasteiger partial charge in [-0.25, -0.2) is 9.59 Å². The van der Waals surface area contributed by atoms with Crippen molar-refractivity contribution >= 4 is 69.1 Å². The van der Waals surface area contributed by atoms with E-state index in [1.807, 2.05) is 24.3 Å². The number of carbonyl (C=O) groups excluding carboxylic acids is 3. The molecule has 9 nitrogen and oxygen atoms in total. The number of rotatable bonds is 22. The summed E-state index contributed by atoms with van der Waals surface area (Å²) in [5, 5.41) is 0. The Labute approximate surface area is 422 Å².